The van der Waals surface area contributed by atoms with Gasteiger partial charge in [-0.1, -0.05) is 10.4 Å². The van der Waals surface area contributed by atoms with Crippen LogP contribution in [0.5, 0.6) is 0 Å². The van der Waals surface area contributed by atoms with E-state index in [0.29, 0.717) is 11.6 Å². The molecule has 0 aromatic carbocycles. The molecular formula is C5H8N8. The molecule has 0 aliphatic carbocycles. The molecule has 2 heterocycles. The van der Waals surface area contributed by atoms with E-state index < -0.39 is 5.41 Å². The fourth-order valence-corrected chi connectivity index (χ4v) is 0.953. The molecule has 0 radical (unpaired) electrons. The molecule has 0 atom stereocenters. The van der Waals surface area contributed by atoms with Gasteiger partial charge in [0.05, 0.1) is 5.41 Å². The van der Waals surface area contributed by atoms with Crippen LogP contribution in [0, 0.1) is 0 Å². The summed E-state index contributed by atoms with van der Waals surface area (Å²) < 4.78 is 0. The highest BCUT2D eigenvalue weighted by Crippen LogP contribution is 2.23. The molecule has 2 rings (SSSR count). The van der Waals surface area contributed by atoms with Crippen LogP contribution in [0.4, 0.5) is 0 Å². The summed E-state index contributed by atoms with van der Waals surface area (Å²) in [5.74, 6) is 1.07. The van der Waals surface area contributed by atoms with E-state index in [0.717, 1.165) is 0 Å². The first-order valence-corrected chi connectivity index (χ1v) is 3.69. The number of nitrogens with one attached hydrogen (secondary N) is 2. The minimum Gasteiger partial charge on any atom is -0.177 e. The van der Waals surface area contributed by atoms with Crippen LogP contribution in [-0.4, -0.2) is 41.2 Å². The highest BCUT2D eigenvalue weighted by molar-refractivity contribution is 5.14. The van der Waals surface area contributed by atoms with E-state index in [9.17, 15) is 0 Å². The fraction of sp³-hybridized carbons (Fsp3) is 0.600. The minimum absolute atomic E-state index is 0.486. The number of nitrogens with zero attached hydrogens (tertiary/aromatic N) is 6. The highest BCUT2D eigenvalue weighted by atomic mass is 15.5. The Morgan fingerprint density at radius 2 is 1.38 bits per heavy atom. The van der Waals surface area contributed by atoms with E-state index in [1.54, 1.807) is 0 Å². The zero-order valence-electron chi connectivity index (χ0n) is 7.18. The Morgan fingerprint density at radius 1 is 0.923 bits per heavy atom. The van der Waals surface area contributed by atoms with Gasteiger partial charge in [-0.15, -0.1) is 20.4 Å². The normalized spacial score (nSPS) is 11.8. The number of rotatable bonds is 2. The van der Waals surface area contributed by atoms with Crippen molar-refractivity contribution in [2.45, 2.75) is 19.3 Å². The zero-order valence-corrected chi connectivity index (χ0v) is 7.18. The molecule has 0 fully saturated rings. The van der Waals surface area contributed by atoms with E-state index >= 15 is 0 Å². The topological polar surface area (TPSA) is 109 Å². The molecule has 0 saturated carbocycles. The quantitative estimate of drug-likeness (QED) is 0.616. The van der Waals surface area contributed by atoms with Crippen molar-refractivity contribution >= 4 is 0 Å². The number of aromatic nitrogens is 8. The molecular weight excluding hydrogens is 172 g/mol. The van der Waals surface area contributed by atoms with Gasteiger partial charge in [-0.3, -0.25) is 0 Å². The van der Waals surface area contributed by atoms with Crippen molar-refractivity contribution in [3.63, 3.8) is 0 Å². The van der Waals surface area contributed by atoms with Crippen LogP contribution in [0.25, 0.3) is 0 Å². The van der Waals surface area contributed by atoms with E-state index in [2.05, 4.69) is 41.2 Å². The SMILES string of the molecule is CC(C)(c1nn[nH]n1)c1nn[nH]n1. The lowest BCUT2D eigenvalue weighted by atomic mass is 9.92. The maximum atomic E-state index is 3.88. The molecule has 0 aliphatic rings. The molecule has 68 valence electrons. The molecule has 8 nitrogen and oxygen atoms in total. The van der Waals surface area contributed by atoms with Gasteiger partial charge >= 0.3 is 0 Å². The molecule has 0 aliphatic heterocycles. The molecule has 0 unspecified atom stereocenters. The average Bonchev–Trinajstić information content (AvgIpc) is 2.78. The molecule has 0 saturated heterocycles. The standard InChI is InChI=1S/C5H8N8/c1-5(2,3-6-10-11-7-3)4-8-12-13-9-4/h1-2H3,(H,6,7,10,11)(H,8,9,12,13). The van der Waals surface area contributed by atoms with Crippen LogP contribution in [0.3, 0.4) is 0 Å². The van der Waals surface area contributed by atoms with E-state index in [1.807, 2.05) is 13.8 Å². The van der Waals surface area contributed by atoms with Gasteiger partial charge in [0.1, 0.15) is 0 Å². The fourth-order valence-electron chi connectivity index (χ4n) is 0.953. The molecule has 2 N–H and O–H groups in total. The lowest BCUT2D eigenvalue weighted by molar-refractivity contribution is 0.551. The van der Waals surface area contributed by atoms with Crippen molar-refractivity contribution in [3.05, 3.63) is 11.6 Å². The second-order valence-electron chi connectivity index (χ2n) is 3.10. The van der Waals surface area contributed by atoms with Gasteiger partial charge in [0, 0.05) is 0 Å². The van der Waals surface area contributed by atoms with Crippen molar-refractivity contribution < 1.29 is 0 Å². The van der Waals surface area contributed by atoms with Crippen molar-refractivity contribution in [1.29, 1.82) is 0 Å². The molecule has 2 aromatic rings. The third kappa shape index (κ3) is 1.15. The first-order chi connectivity index (χ1) is 6.21. The second kappa shape index (κ2) is 2.57. The smallest absolute Gasteiger partial charge is 0.177 e. The summed E-state index contributed by atoms with van der Waals surface area (Å²) in [6, 6.07) is 0. The Balaban J connectivity index is 2.42. The highest BCUT2D eigenvalue weighted by Gasteiger charge is 2.32. The van der Waals surface area contributed by atoms with Crippen molar-refractivity contribution in [3.8, 4) is 0 Å². The molecule has 0 amide bonds. The Hall–Kier alpha value is -1.86. The van der Waals surface area contributed by atoms with Crippen molar-refractivity contribution in [1.82, 2.24) is 41.2 Å². The molecule has 0 spiro atoms. The number of H-pyrrole nitrogens is 2. The lowest BCUT2D eigenvalue weighted by Crippen LogP contribution is -2.22. The van der Waals surface area contributed by atoms with Gasteiger partial charge in [0.15, 0.2) is 11.6 Å². The average molecular weight is 180 g/mol. The lowest BCUT2D eigenvalue weighted by Gasteiger charge is -2.13. The van der Waals surface area contributed by atoms with Crippen LogP contribution in [-0.2, 0) is 5.41 Å². The maximum absolute atomic E-state index is 3.88. The summed E-state index contributed by atoms with van der Waals surface area (Å²) in [5, 5.41) is 27.2. The summed E-state index contributed by atoms with van der Waals surface area (Å²) in [4.78, 5) is 0. The Kier molecular flexibility index (Phi) is 1.54. The van der Waals surface area contributed by atoms with Crippen molar-refractivity contribution in [2.24, 2.45) is 0 Å². The maximum Gasteiger partial charge on any atom is 0.187 e. The molecule has 0 bridgehead atoms. The Bertz CT molecular complexity index is 323. The zero-order chi connectivity index (χ0) is 9.31. The summed E-state index contributed by atoms with van der Waals surface area (Å²) in [6.45, 7) is 3.78. The molecule has 13 heavy (non-hydrogen) atoms. The van der Waals surface area contributed by atoms with Crippen molar-refractivity contribution in [2.75, 3.05) is 0 Å². The van der Waals surface area contributed by atoms with Gasteiger partial charge < -0.3 is 0 Å². The van der Waals surface area contributed by atoms with Crippen LogP contribution >= 0.6 is 0 Å². The third-order valence-corrected chi connectivity index (χ3v) is 1.81. The second-order valence-corrected chi connectivity index (χ2v) is 3.10. The third-order valence-electron chi connectivity index (χ3n) is 1.81. The number of hydrogen-bond donors (Lipinski definition) is 2. The molecule has 2 aromatic heterocycles. The van der Waals surface area contributed by atoms with Crippen LogP contribution in [0.2, 0.25) is 0 Å². The predicted molar refractivity (Wildman–Crippen MR) is 40.5 cm³/mol. The van der Waals surface area contributed by atoms with Gasteiger partial charge in [0.2, 0.25) is 0 Å². The first-order valence-electron chi connectivity index (χ1n) is 3.69. The van der Waals surface area contributed by atoms with E-state index in [-0.39, 0.29) is 0 Å². The molecule has 8 heteroatoms. The van der Waals surface area contributed by atoms with Gasteiger partial charge in [-0.05, 0) is 13.8 Å². The van der Waals surface area contributed by atoms with Crippen LogP contribution in [0.15, 0.2) is 0 Å². The van der Waals surface area contributed by atoms with Crippen LogP contribution in [0.1, 0.15) is 25.5 Å². The monoisotopic (exact) mass is 180 g/mol. The number of tetrazole rings is 2. The Morgan fingerprint density at radius 3 is 1.69 bits per heavy atom. The summed E-state index contributed by atoms with van der Waals surface area (Å²) in [5.41, 5.74) is -0.486. The number of hydrogen-bond acceptors (Lipinski definition) is 6. The van der Waals surface area contributed by atoms with Gasteiger partial charge in [-0.25, -0.2) is 0 Å². The summed E-state index contributed by atoms with van der Waals surface area (Å²) in [7, 11) is 0. The van der Waals surface area contributed by atoms with Gasteiger partial charge in [-0.2, -0.15) is 10.4 Å². The summed E-state index contributed by atoms with van der Waals surface area (Å²) in [6.07, 6.45) is 0. The minimum atomic E-state index is -0.486. The predicted octanol–water partition coefficient (Wildman–Crippen LogP) is -0.961. The largest absolute Gasteiger partial charge is 0.187 e. The van der Waals surface area contributed by atoms with E-state index in [4.69, 9.17) is 0 Å². The first kappa shape index (κ1) is 7.77. The summed E-state index contributed by atoms with van der Waals surface area (Å²) >= 11 is 0. The number of aromatic amines is 2. The Labute approximate surface area is 73.1 Å². The van der Waals surface area contributed by atoms with Crippen LogP contribution < -0.4 is 0 Å². The van der Waals surface area contributed by atoms with E-state index in [1.165, 1.54) is 0 Å². The van der Waals surface area contributed by atoms with Gasteiger partial charge in [0.25, 0.3) is 0 Å².